The van der Waals surface area contributed by atoms with E-state index in [1.165, 1.54) is 26.6 Å². The van der Waals surface area contributed by atoms with Crippen LogP contribution in [0.3, 0.4) is 0 Å². The zero-order valence-corrected chi connectivity index (χ0v) is 68.3. The van der Waals surface area contributed by atoms with Crippen LogP contribution in [0.2, 0.25) is 30.1 Å². The Morgan fingerprint density at radius 1 is 0.426 bits per heavy atom. The number of carbonyl (C=O) groups is 3. The number of nitrogens with zero attached hydrogens (tertiary/aromatic N) is 11. The fourth-order valence-electron chi connectivity index (χ4n) is 14.1. The van der Waals surface area contributed by atoms with E-state index in [1.54, 1.807) is 27.5 Å². The minimum Gasteiger partial charge on any atom is -0.480 e. The zero-order valence-electron chi connectivity index (χ0n) is 63.8. The second-order valence-electron chi connectivity index (χ2n) is 28.3. The maximum Gasteiger partial charge on any atom is 0.496 e. The summed E-state index contributed by atoms with van der Waals surface area (Å²) in [6.45, 7) is 14.0. The molecule has 0 bridgehead atoms. The number of aromatic nitrogens is 8. The van der Waals surface area contributed by atoms with Crippen LogP contribution >= 0.6 is 69.6 Å². The Kier molecular flexibility index (Phi) is 24.2. The average Bonchev–Trinajstić information content (AvgIpc) is 1.73. The monoisotopic (exact) mass is 1660 g/mol. The number of amides is 1. The normalized spacial score (nSPS) is 15.5. The second kappa shape index (κ2) is 34.4. The number of methoxy groups -OCH3 is 5. The number of benzene rings is 6. The highest BCUT2D eigenvalue weighted by atomic mass is 35.5. The van der Waals surface area contributed by atoms with Crippen molar-refractivity contribution in [2.45, 2.75) is 51.9 Å². The van der Waals surface area contributed by atoms with Crippen LogP contribution in [0.25, 0.3) is 89.7 Å². The predicted molar refractivity (Wildman–Crippen MR) is 449 cm³/mol. The van der Waals surface area contributed by atoms with Crippen LogP contribution in [-0.4, -0.2) is 175 Å². The van der Waals surface area contributed by atoms with E-state index in [4.69, 9.17) is 123 Å². The predicted octanol–water partition coefficient (Wildman–Crippen LogP) is 15.5. The Labute approximate surface area is 693 Å². The van der Waals surface area contributed by atoms with E-state index in [1.807, 2.05) is 161 Å². The van der Waals surface area contributed by atoms with Gasteiger partial charge in [-0.1, -0.05) is 179 Å². The summed E-state index contributed by atoms with van der Waals surface area (Å²) >= 11 is 41.6. The van der Waals surface area contributed by atoms with Gasteiger partial charge in [-0.25, -0.2) is 34.9 Å². The second-order valence-corrected chi connectivity index (χ2v) is 30.6. The first-order chi connectivity index (χ1) is 55.5. The van der Waals surface area contributed by atoms with Gasteiger partial charge in [0.25, 0.3) is 0 Å². The fraction of sp³-hybridized carbons (Fsp3) is 0.250. The number of ether oxygens (including phenoxy) is 5. The molecule has 3 saturated heterocycles. The van der Waals surface area contributed by atoms with Crippen molar-refractivity contribution >= 4 is 112 Å². The molecule has 5 aliphatic heterocycles. The summed E-state index contributed by atoms with van der Waals surface area (Å²) in [5.41, 5.74) is 13.1. The number of rotatable bonds is 20. The van der Waals surface area contributed by atoms with Crippen molar-refractivity contribution in [1.29, 1.82) is 0 Å². The molecule has 10 heterocycles. The van der Waals surface area contributed by atoms with Gasteiger partial charge in [0.2, 0.25) is 35.3 Å². The summed E-state index contributed by atoms with van der Waals surface area (Å²) in [4.78, 5) is 81.3. The van der Waals surface area contributed by atoms with Crippen LogP contribution in [0.1, 0.15) is 71.9 Å². The van der Waals surface area contributed by atoms with Crippen molar-refractivity contribution in [2.75, 3.05) is 81.4 Å². The highest BCUT2D eigenvalue weighted by molar-refractivity contribution is 6.66. The summed E-state index contributed by atoms with van der Waals surface area (Å²) in [6.07, 6.45) is 6.45. The van der Waals surface area contributed by atoms with E-state index in [-0.39, 0.29) is 34.5 Å². The van der Waals surface area contributed by atoms with Gasteiger partial charge in [-0.05, 0) is 52.0 Å². The topological polar surface area (TPSA) is 283 Å². The summed E-state index contributed by atoms with van der Waals surface area (Å²) < 4.78 is 39.6. The molecule has 115 heavy (non-hydrogen) atoms. The van der Waals surface area contributed by atoms with E-state index < -0.39 is 18.3 Å². The smallest absolute Gasteiger partial charge is 0.480 e. The number of amidine groups is 2. The van der Waals surface area contributed by atoms with Crippen molar-refractivity contribution in [3.63, 3.8) is 0 Å². The number of aliphatic imine (C=N–C) groups is 2. The standard InChI is InChI=1S/C33H31Cl2N7O3.C27H21Cl2N5O3.C24H23BCl2N2O4/c1-44-31-23(30-36-11-12-37-30)9-10-24(40-31)21-7-3-5-19(28(21)34)20-6-4-8-22(29(20)35)25-14-38-26(32(41-25)45-2)15-42-17-33(18-42)13-27(43)39-16-33;1-36-26-19(25-30-11-12-31-25)9-10-20(33-26)17-7-3-5-15(23(17)28)16-6-4-8-18(24(16)29)21-13-32-22(14-35)27(34-21)37-2;1-23(2)24(3,4)33-25(32-23)17-11-7-9-15(21(17)27)14-8-6-10-16(20(14)26)18-12-28-19(13-30)22(29-18)31-5/h3-10,14H,11-13,15-18H2,1-2H3,(H,36,37)(H,39,43);3-10,13-14H,11-12H2,1-2H3,(H,30,31);6-13H,1-5H3. The van der Waals surface area contributed by atoms with Crippen LogP contribution in [0.5, 0.6) is 29.4 Å². The van der Waals surface area contributed by atoms with Gasteiger partial charge in [-0.2, -0.15) is 0 Å². The largest absolute Gasteiger partial charge is 0.496 e. The van der Waals surface area contributed by atoms with E-state index >= 15 is 0 Å². The lowest BCUT2D eigenvalue weighted by Gasteiger charge is -2.46. The molecular formula is C84H75BCl6N14O10. The summed E-state index contributed by atoms with van der Waals surface area (Å²) in [7, 11) is 7.02. The molecule has 3 N–H and O–H groups in total. The quantitative estimate of drug-likeness (QED) is 0.0472. The molecule has 0 aliphatic carbocycles. The molecule has 5 aromatic heterocycles. The lowest BCUT2D eigenvalue weighted by molar-refractivity contribution is -0.120. The van der Waals surface area contributed by atoms with E-state index in [0.29, 0.717) is 131 Å². The number of halogens is 6. The average molecular weight is 1660 g/mol. The van der Waals surface area contributed by atoms with Crippen molar-refractivity contribution < 1.29 is 47.4 Å². The minimum atomic E-state index is -0.601. The number of nitrogens with one attached hydrogen (secondary N) is 3. The SMILES string of the molecule is COc1nc(-c2cccc(-c3cccc(-c4cnc(C=O)c(OC)n4)c3Cl)c2Cl)ccc1C1=NCCN1.COc1nc(-c2cccc(-c3cccc(-c4cnc(CN5CC6(CNC(=O)C6)C5)c(OC)n4)c3Cl)c2Cl)ccc1C1=NCCN1.COc1nc(-c2cccc(-c3cccc(B4OC(C)(C)C(C)(C)O4)c3Cl)c2Cl)cnc1C=O. The van der Waals surface area contributed by atoms with Crippen LogP contribution in [-0.2, 0) is 20.6 Å². The van der Waals surface area contributed by atoms with Gasteiger partial charge in [0, 0.05) is 123 Å². The summed E-state index contributed by atoms with van der Waals surface area (Å²) in [6, 6.07) is 41.7. The number of likely N-dealkylation sites (tertiary alicyclic amines) is 1. The molecule has 0 atom stereocenters. The lowest BCUT2D eigenvalue weighted by atomic mass is 9.77. The molecule has 31 heteroatoms. The Balaban J connectivity index is 0.000000144. The molecule has 586 valence electrons. The van der Waals surface area contributed by atoms with E-state index in [0.717, 1.165) is 112 Å². The van der Waals surface area contributed by atoms with Gasteiger partial charge < -0.3 is 48.9 Å². The third kappa shape index (κ3) is 16.4. The number of hydrogen-bond acceptors (Lipinski definition) is 23. The van der Waals surface area contributed by atoms with Gasteiger partial charge in [-0.3, -0.25) is 34.3 Å². The first-order valence-corrected chi connectivity index (χ1v) is 38.7. The van der Waals surface area contributed by atoms with Gasteiger partial charge in [-0.15, -0.1) is 0 Å². The molecule has 6 aromatic carbocycles. The summed E-state index contributed by atoms with van der Waals surface area (Å²) in [5, 5.41) is 12.3. The Bertz CT molecular complexity index is 5680. The Morgan fingerprint density at radius 3 is 1.13 bits per heavy atom. The number of pyridine rings is 2. The number of aldehydes is 2. The van der Waals surface area contributed by atoms with Crippen LogP contribution in [0, 0.1) is 5.41 Å². The van der Waals surface area contributed by atoms with Crippen LogP contribution in [0.4, 0.5) is 0 Å². The lowest BCUT2D eigenvalue weighted by Crippen LogP contribution is -2.56. The van der Waals surface area contributed by atoms with Crippen LogP contribution in [0.15, 0.2) is 162 Å². The van der Waals surface area contributed by atoms with Gasteiger partial charge >= 0.3 is 7.12 Å². The number of hydrogen-bond donors (Lipinski definition) is 3. The molecule has 1 spiro atoms. The fourth-order valence-corrected chi connectivity index (χ4v) is 16.0. The zero-order chi connectivity index (χ0) is 81.0. The highest BCUT2D eigenvalue weighted by Gasteiger charge is 2.53. The van der Waals surface area contributed by atoms with Crippen molar-refractivity contribution in [2.24, 2.45) is 15.4 Å². The highest BCUT2D eigenvalue weighted by Crippen LogP contribution is 2.47. The minimum absolute atomic E-state index is 0.0397. The molecule has 5 aliphatic rings. The summed E-state index contributed by atoms with van der Waals surface area (Å²) in [5.74, 6) is 3.28. The van der Waals surface area contributed by atoms with Gasteiger partial charge in [0.1, 0.15) is 17.4 Å². The van der Waals surface area contributed by atoms with Crippen molar-refractivity contribution in [3.8, 4) is 119 Å². The third-order valence-electron chi connectivity index (χ3n) is 20.6. The Morgan fingerprint density at radius 2 is 0.774 bits per heavy atom. The molecule has 11 aromatic rings. The molecule has 16 rings (SSSR count). The first-order valence-electron chi connectivity index (χ1n) is 36.4. The third-order valence-corrected chi connectivity index (χ3v) is 23.0. The molecule has 24 nitrogen and oxygen atoms in total. The molecule has 3 fully saturated rings. The maximum absolute atomic E-state index is 11.7. The maximum atomic E-state index is 11.7. The first kappa shape index (κ1) is 80.9. The van der Waals surface area contributed by atoms with E-state index in [9.17, 15) is 14.4 Å². The van der Waals surface area contributed by atoms with Gasteiger partial charge in [0.15, 0.2) is 24.0 Å². The molecular weight excluding hydrogens is 1590 g/mol. The Hall–Kier alpha value is -10.7. The van der Waals surface area contributed by atoms with Crippen LogP contribution < -0.4 is 45.1 Å². The van der Waals surface area contributed by atoms with E-state index in [2.05, 4.69) is 50.8 Å². The van der Waals surface area contributed by atoms with Gasteiger partial charge in [0.05, 0.1) is 143 Å². The van der Waals surface area contributed by atoms with Crippen molar-refractivity contribution in [3.05, 3.63) is 210 Å². The molecule has 0 radical (unpaired) electrons. The molecule has 0 unspecified atom stereocenters. The number of carbonyl (C=O) groups excluding carboxylic acids is 3. The van der Waals surface area contributed by atoms with Crippen molar-refractivity contribution in [1.82, 2.24) is 60.7 Å². The molecule has 0 saturated carbocycles. The molecule has 1 amide bonds.